The summed E-state index contributed by atoms with van der Waals surface area (Å²) in [6, 6.07) is 7.35. The molecule has 2 amide bonds. The zero-order chi connectivity index (χ0) is 23.8. The van der Waals surface area contributed by atoms with Crippen LogP contribution >= 0.6 is 0 Å². The predicted molar refractivity (Wildman–Crippen MR) is 120 cm³/mol. The van der Waals surface area contributed by atoms with Crippen molar-refractivity contribution in [2.45, 2.75) is 52.2 Å². The number of carbonyl (C=O) groups is 1. The smallest absolute Gasteiger partial charge is 0.407 e. The molecule has 7 nitrogen and oxygen atoms in total. The highest BCUT2D eigenvalue weighted by Crippen LogP contribution is 2.37. The number of aryl methyl sites for hydroxylation is 1. The molecule has 11 heteroatoms. The van der Waals surface area contributed by atoms with Crippen molar-refractivity contribution in [1.82, 2.24) is 0 Å². The Morgan fingerprint density at radius 3 is 2.28 bits per heavy atom. The lowest BCUT2D eigenvalue weighted by atomic mass is 9.78. The van der Waals surface area contributed by atoms with E-state index in [1.807, 2.05) is 13.0 Å². The van der Waals surface area contributed by atoms with Gasteiger partial charge in [-0.3, -0.25) is 4.81 Å². The lowest BCUT2D eigenvalue weighted by molar-refractivity contribution is 0.00578. The summed E-state index contributed by atoms with van der Waals surface area (Å²) in [5.74, 6) is -1.98. The fraction of sp³-hybridized carbons (Fsp3) is 0.381. The molecule has 3 rings (SSSR count). The van der Waals surface area contributed by atoms with Crippen molar-refractivity contribution in [3.8, 4) is 0 Å². The Labute approximate surface area is 186 Å². The molecule has 1 heterocycles. The molecular formula is C21H26B2F2N2O5. The van der Waals surface area contributed by atoms with Gasteiger partial charge in [0.25, 0.3) is 0 Å². The van der Waals surface area contributed by atoms with Crippen LogP contribution < -0.4 is 15.6 Å². The fourth-order valence-corrected chi connectivity index (χ4v) is 3.28. The molecule has 0 radical (unpaired) electrons. The van der Waals surface area contributed by atoms with Crippen LogP contribution in [0, 0.1) is 11.6 Å². The number of halogens is 2. The van der Waals surface area contributed by atoms with Crippen LogP contribution in [0.2, 0.25) is 0 Å². The van der Waals surface area contributed by atoms with E-state index in [1.54, 1.807) is 45.9 Å². The highest BCUT2D eigenvalue weighted by molar-refractivity contribution is 6.62. The lowest BCUT2D eigenvalue weighted by Crippen LogP contribution is -2.48. The molecule has 32 heavy (non-hydrogen) atoms. The zero-order valence-electron chi connectivity index (χ0n) is 18.6. The number of anilines is 2. The predicted octanol–water partition coefficient (Wildman–Crippen LogP) is 2.83. The van der Waals surface area contributed by atoms with Gasteiger partial charge in [0.05, 0.1) is 16.9 Å². The van der Waals surface area contributed by atoms with Crippen LogP contribution in [0.25, 0.3) is 0 Å². The summed E-state index contributed by atoms with van der Waals surface area (Å²) in [7, 11) is -3.58. The van der Waals surface area contributed by atoms with Crippen LogP contribution in [0.5, 0.6) is 0 Å². The summed E-state index contributed by atoms with van der Waals surface area (Å²) in [6.07, 6.45) is 0.719. The Hall–Kier alpha value is -2.46. The van der Waals surface area contributed by atoms with Crippen molar-refractivity contribution in [2.75, 3.05) is 10.1 Å². The van der Waals surface area contributed by atoms with E-state index in [2.05, 4.69) is 5.32 Å². The first-order valence-electron chi connectivity index (χ1n) is 10.3. The molecule has 170 valence electrons. The Bertz CT molecular complexity index is 1000. The standard InChI is InChI=1S/C21H26B2F2N2O5/c1-6-13-8-7-9-14(10-13)26-19(28)27(23(29)30)18-12-16(24)15(11-17(18)25)22-31-20(2,3)21(4,5)32-22/h7-12,29-30H,6H2,1-5H3,(H,26,28). The van der Waals surface area contributed by atoms with Crippen molar-refractivity contribution in [3.05, 3.63) is 53.6 Å². The number of hydrogen-bond donors (Lipinski definition) is 3. The topological polar surface area (TPSA) is 91.3 Å². The molecule has 1 fully saturated rings. The van der Waals surface area contributed by atoms with Crippen LogP contribution in [0.15, 0.2) is 36.4 Å². The molecule has 1 saturated heterocycles. The van der Waals surface area contributed by atoms with Crippen molar-refractivity contribution in [2.24, 2.45) is 0 Å². The van der Waals surface area contributed by atoms with Crippen molar-refractivity contribution in [3.63, 3.8) is 0 Å². The van der Waals surface area contributed by atoms with Crippen molar-refractivity contribution in [1.29, 1.82) is 0 Å². The van der Waals surface area contributed by atoms with Gasteiger partial charge in [-0.1, -0.05) is 19.1 Å². The number of rotatable bonds is 5. The fourth-order valence-electron chi connectivity index (χ4n) is 3.28. The molecular weight excluding hydrogens is 420 g/mol. The molecule has 2 aromatic carbocycles. The Balaban J connectivity index is 1.91. The van der Waals surface area contributed by atoms with Crippen molar-refractivity contribution < 1.29 is 32.9 Å². The zero-order valence-corrected chi connectivity index (χ0v) is 18.6. The molecule has 0 spiro atoms. The third-order valence-electron chi connectivity index (χ3n) is 5.87. The van der Waals surface area contributed by atoms with E-state index in [0.717, 1.165) is 18.1 Å². The first-order valence-corrected chi connectivity index (χ1v) is 10.3. The average molecular weight is 446 g/mol. The van der Waals surface area contributed by atoms with Gasteiger partial charge in [-0.15, -0.1) is 0 Å². The van der Waals surface area contributed by atoms with E-state index in [1.165, 1.54) is 0 Å². The van der Waals surface area contributed by atoms with Gasteiger partial charge in [0.15, 0.2) is 0 Å². The average Bonchev–Trinajstić information content (AvgIpc) is 2.91. The van der Waals surface area contributed by atoms with Crippen LogP contribution in [0.3, 0.4) is 0 Å². The SMILES string of the molecule is CCc1cccc(NC(=O)N(B(O)O)c2cc(F)c(B3OC(C)(C)C(C)(C)O3)cc2F)c1. The monoisotopic (exact) mass is 446 g/mol. The summed E-state index contributed by atoms with van der Waals surface area (Å²) in [6.45, 7) is 9.04. The van der Waals surface area contributed by atoms with Crippen LogP contribution in [0.4, 0.5) is 25.0 Å². The van der Waals surface area contributed by atoms with Crippen LogP contribution in [-0.4, -0.2) is 41.7 Å². The van der Waals surface area contributed by atoms with Gasteiger partial charge < -0.3 is 24.7 Å². The summed E-state index contributed by atoms with van der Waals surface area (Å²) < 4.78 is 41.4. The second-order valence-electron chi connectivity index (χ2n) is 8.61. The maximum atomic E-state index is 15.0. The van der Waals surface area contributed by atoms with Gasteiger partial charge in [0.1, 0.15) is 11.6 Å². The third kappa shape index (κ3) is 4.66. The van der Waals surface area contributed by atoms with Crippen LogP contribution in [0.1, 0.15) is 40.2 Å². The summed E-state index contributed by atoms with van der Waals surface area (Å²) in [5.41, 5.74) is -1.08. The second-order valence-corrected chi connectivity index (χ2v) is 8.61. The number of urea groups is 1. The number of hydrogen-bond acceptors (Lipinski definition) is 5. The molecule has 3 N–H and O–H groups in total. The quantitative estimate of drug-likeness (QED) is 0.615. The van der Waals surface area contributed by atoms with E-state index in [-0.39, 0.29) is 5.46 Å². The number of carbonyl (C=O) groups excluding carboxylic acids is 1. The third-order valence-corrected chi connectivity index (χ3v) is 5.87. The van der Waals surface area contributed by atoms with Gasteiger partial charge in [-0.25, -0.2) is 13.6 Å². The van der Waals surface area contributed by atoms with Crippen molar-refractivity contribution >= 4 is 37.2 Å². The largest absolute Gasteiger partial charge is 0.596 e. The number of nitrogens with one attached hydrogen (secondary N) is 1. The van der Waals surface area contributed by atoms with Crippen LogP contribution in [-0.2, 0) is 15.7 Å². The molecule has 0 unspecified atom stereocenters. The van der Waals surface area contributed by atoms with E-state index in [4.69, 9.17) is 9.31 Å². The maximum absolute atomic E-state index is 15.0. The Kier molecular flexibility index (Phi) is 6.67. The molecule has 2 aromatic rings. The van der Waals surface area contributed by atoms with Gasteiger partial charge in [0.2, 0.25) is 0 Å². The molecule has 0 saturated carbocycles. The molecule has 0 aliphatic carbocycles. The maximum Gasteiger partial charge on any atom is 0.596 e. The van der Waals surface area contributed by atoms with Gasteiger partial charge >= 0.3 is 20.4 Å². The minimum absolute atomic E-state index is 0.201. The first-order chi connectivity index (χ1) is 14.9. The number of amides is 2. The Morgan fingerprint density at radius 1 is 1.09 bits per heavy atom. The normalized spacial score (nSPS) is 16.7. The summed E-state index contributed by atoms with van der Waals surface area (Å²) in [4.78, 5) is 13.0. The van der Waals surface area contributed by atoms with E-state index in [9.17, 15) is 23.6 Å². The Morgan fingerprint density at radius 2 is 1.72 bits per heavy atom. The highest BCUT2D eigenvalue weighted by Gasteiger charge is 2.52. The summed E-state index contributed by atoms with van der Waals surface area (Å²) in [5, 5.41) is 21.9. The van der Waals surface area contributed by atoms with Gasteiger partial charge in [-0.05, 0) is 63.9 Å². The van der Waals surface area contributed by atoms with E-state index >= 15 is 0 Å². The minimum atomic E-state index is -2.42. The number of nitrogens with zero attached hydrogens (tertiary/aromatic N) is 1. The molecule has 1 aliphatic heterocycles. The number of benzene rings is 2. The molecule has 0 atom stereocenters. The second kappa shape index (κ2) is 8.82. The summed E-state index contributed by atoms with van der Waals surface area (Å²) >= 11 is 0. The molecule has 1 aliphatic rings. The minimum Gasteiger partial charge on any atom is -0.407 e. The first kappa shape index (κ1) is 24.2. The van der Waals surface area contributed by atoms with E-state index in [0.29, 0.717) is 16.6 Å². The molecule has 0 aromatic heterocycles. The van der Waals surface area contributed by atoms with Gasteiger partial charge in [-0.2, -0.15) is 0 Å². The van der Waals surface area contributed by atoms with Gasteiger partial charge in [0, 0.05) is 11.2 Å². The molecule has 0 bridgehead atoms. The lowest BCUT2D eigenvalue weighted by Gasteiger charge is -2.32. The highest BCUT2D eigenvalue weighted by atomic mass is 19.1. The van der Waals surface area contributed by atoms with E-state index < -0.39 is 48.9 Å².